The molecule has 0 aromatic heterocycles. The van der Waals surface area contributed by atoms with Crippen molar-refractivity contribution in [3.63, 3.8) is 0 Å². The van der Waals surface area contributed by atoms with Gasteiger partial charge in [-0.3, -0.25) is 14.5 Å². The second-order valence-corrected chi connectivity index (χ2v) is 5.27. The van der Waals surface area contributed by atoms with Crippen molar-refractivity contribution in [2.24, 2.45) is 5.92 Å². The third-order valence-corrected chi connectivity index (χ3v) is 3.88. The lowest BCUT2D eigenvalue weighted by atomic mass is 10.1. The lowest BCUT2D eigenvalue weighted by Gasteiger charge is -2.15. The molecular weight excluding hydrogens is 301 g/mol. The van der Waals surface area contributed by atoms with Crippen LogP contribution in [0.2, 0.25) is 0 Å². The highest BCUT2D eigenvalue weighted by atomic mass is 79.9. The van der Waals surface area contributed by atoms with Crippen LogP contribution in [0.15, 0.2) is 22.7 Å². The number of amides is 2. The van der Waals surface area contributed by atoms with Crippen LogP contribution in [0.25, 0.3) is 0 Å². The van der Waals surface area contributed by atoms with Crippen LogP contribution in [0, 0.1) is 11.7 Å². The first-order valence-corrected chi connectivity index (χ1v) is 6.62. The highest BCUT2D eigenvalue weighted by Gasteiger charge is 2.34. The standard InChI is InChI=1S/C13H13BrFNO2/c1-2-8-5-12(17)16(7-8)13(18)10-6-9(15)3-4-11(10)14/h3-4,6,8H,2,5,7H2,1H3. The minimum absolute atomic E-state index is 0.178. The maximum Gasteiger partial charge on any atom is 0.261 e. The molecule has 1 aliphatic heterocycles. The van der Waals surface area contributed by atoms with Gasteiger partial charge in [0, 0.05) is 17.4 Å². The molecule has 3 nitrogen and oxygen atoms in total. The van der Waals surface area contributed by atoms with E-state index in [0.717, 1.165) is 12.5 Å². The molecule has 0 radical (unpaired) electrons. The normalized spacial score (nSPS) is 19.4. The Morgan fingerprint density at radius 3 is 2.89 bits per heavy atom. The summed E-state index contributed by atoms with van der Waals surface area (Å²) >= 11 is 3.20. The molecule has 0 saturated carbocycles. The largest absolute Gasteiger partial charge is 0.278 e. The second-order valence-electron chi connectivity index (χ2n) is 4.41. The molecule has 0 spiro atoms. The third-order valence-electron chi connectivity index (χ3n) is 3.19. The molecule has 1 heterocycles. The topological polar surface area (TPSA) is 37.4 Å². The van der Waals surface area contributed by atoms with Crippen molar-refractivity contribution in [1.29, 1.82) is 0 Å². The summed E-state index contributed by atoms with van der Waals surface area (Å²) in [6.07, 6.45) is 1.26. The maximum absolute atomic E-state index is 13.2. The average Bonchev–Trinajstić information content (AvgIpc) is 2.73. The third kappa shape index (κ3) is 2.46. The second kappa shape index (κ2) is 5.18. The Morgan fingerprint density at radius 2 is 2.28 bits per heavy atom. The fraction of sp³-hybridized carbons (Fsp3) is 0.385. The number of imide groups is 1. The predicted molar refractivity (Wildman–Crippen MR) is 68.5 cm³/mol. The Morgan fingerprint density at radius 1 is 1.56 bits per heavy atom. The van der Waals surface area contributed by atoms with Gasteiger partial charge < -0.3 is 0 Å². The molecule has 1 atom stereocenters. The van der Waals surface area contributed by atoms with E-state index in [1.165, 1.54) is 17.0 Å². The number of benzene rings is 1. The van der Waals surface area contributed by atoms with E-state index in [0.29, 0.717) is 17.4 Å². The van der Waals surface area contributed by atoms with Gasteiger partial charge in [-0.05, 0) is 40.0 Å². The van der Waals surface area contributed by atoms with Gasteiger partial charge in [-0.1, -0.05) is 13.3 Å². The van der Waals surface area contributed by atoms with Gasteiger partial charge in [-0.15, -0.1) is 0 Å². The fourth-order valence-corrected chi connectivity index (χ4v) is 2.47. The SMILES string of the molecule is CCC1CC(=O)N(C(=O)c2cc(F)ccc2Br)C1. The zero-order valence-electron chi connectivity index (χ0n) is 9.95. The van der Waals surface area contributed by atoms with Crippen molar-refractivity contribution in [2.75, 3.05) is 6.54 Å². The first-order chi connectivity index (χ1) is 8.52. The Bertz CT molecular complexity index is 504. The number of rotatable bonds is 2. The van der Waals surface area contributed by atoms with Crippen LogP contribution in [0.1, 0.15) is 30.1 Å². The van der Waals surface area contributed by atoms with Gasteiger partial charge in [0.25, 0.3) is 5.91 Å². The van der Waals surface area contributed by atoms with Crippen molar-refractivity contribution in [1.82, 2.24) is 4.90 Å². The van der Waals surface area contributed by atoms with Gasteiger partial charge in [0.05, 0.1) is 5.56 Å². The van der Waals surface area contributed by atoms with Crippen molar-refractivity contribution < 1.29 is 14.0 Å². The van der Waals surface area contributed by atoms with Gasteiger partial charge in [0.2, 0.25) is 5.91 Å². The number of nitrogens with zero attached hydrogens (tertiary/aromatic N) is 1. The molecule has 1 aliphatic rings. The zero-order chi connectivity index (χ0) is 13.3. The highest BCUT2D eigenvalue weighted by molar-refractivity contribution is 9.10. The minimum atomic E-state index is -0.486. The maximum atomic E-state index is 13.2. The molecule has 1 fully saturated rings. The Kier molecular flexibility index (Phi) is 3.80. The predicted octanol–water partition coefficient (Wildman–Crippen LogP) is 2.99. The molecule has 0 aliphatic carbocycles. The van der Waals surface area contributed by atoms with E-state index in [9.17, 15) is 14.0 Å². The number of carbonyl (C=O) groups excluding carboxylic acids is 2. The van der Waals surface area contributed by atoms with Crippen LogP contribution in [-0.2, 0) is 4.79 Å². The van der Waals surface area contributed by atoms with Crippen LogP contribution in [0.4, 0.5) is 4.39 Å². The van der Waals surface area contributed by atoms with Gasteiger partial charge in [0.1, 0.15) is 5.82 Å². The molecule has 1 saturated heterocycles. The lowest BCUT2D eigenvalue weighted by molar-refractivity contribution is -0.125. The minimum Gasteiger partial charge on any atom is -0.278 e. The number of halogens is 2. The Balaban J connectivity index is 2.26. The molecule has 1 aromatic rings. The van der Waals surface area contributed by atoms with Crippen LogP contribution in [0.3, 0.4) is 0 Å². The summed E-state index contributed by atoms with van der Waals surface area (Å²) in [6.45, 7) is 2.42. The molecule has 0 N–H and O–H groups in total. The summed E-state index contributed by atoms with van der Waals surface area (Å²) in [6, 6.07) is 3.89. The number of likely N-dealkylation sites (tertiary alicyclic amines) is 1. The van der Waals surface area contributed by atoms with Crippen LogP contribution in [-0.4, -0.2) is 23.3 Å². The van der Waals surface area contributed by atoms with E-state index in [1.807, 2.05) is 6.92 Å². The molecule has 2 amide bonds. The van der Waals surface area contributed by atoms with Crippen molar-refractivity contribution >= 4 is 27.7 Å². The molecule has 1 unspecified atom stereocenters. The van der Waals surface area contributed by atoms with E-state index in [4.69, 9.17) is 0 Å². The van der Waals surface area contributed by atoms with E-state index in [2.05, 4.69) is 15.9 Å². The monoisotopic (exact) mass is 313 g/mol. The van der Waals surface area contributed by atoms with Crippen LogP contribution >= 0.6 is 15.9 Å². The summed E-state index contributed by atoms with van der Waals surface area (Å²) < 4.78 is 13.7. The van der Waals surface area contributed by atoms with Crippen molar-refractivity contribution in [2.45, 2.75) is 19.8 Å². The fourth-order valence-electron chi connectivity index (χ4n) is 2.06. The molecular formula is C13H13BrFNO2. The summed E-state index contributed by atoms with van der Waals surface area (Å²) in [7, 11) is 0. The smallest absolute Gasteiger partial charge is 0.261 e. The first kappa shape index (κ1) is 13.2. The Labute approximate surface area is 113 Å². The molecule has 2 rings (SSSR count). The van der Waals surface area contributed by atoms with Gasteiger partial charge >= 0.3 is 0 Å². The number of hydrogen-bond donors (Lipinski definition) is 0. The van der Waals surface area contributed by atoms with Crippen molar-refractivity contribution in [3.8, 4) is 0 Å². The molecule has 18 heavy (non-hydrogen) atoms. The summed E-state index contributed by atoms with van der Waals surface area (Å²) in [5.41, 5.74) is 0.195. The summed E-state index contributed by atoms with van der Waals surface area (Å²) in [4.78, 5) is 25.2. The first-order valence-electron chi connectivity index (χ1n) is 5.82. The number of hydrogen-bond acceptors (Lipinski definition) is 2. The molecule has 5 heteroatoms. The van der Waals surface area contributed by atoms with Crippen LogP contribution < -0.4 is 0 Å². The average molecular weight is 314 g/mol. The van der Waals surface area contributed by atoms with E-state index in [1.54, 1.807) is 0 Å². The van der Waals surface area contributed by atoms with E-state index < -0.39 is 11.7 Å². The number of carbonyl (C=O) groups is 2. The van der Waals surface area contributed by atoms with Gasteiger partial charge in [0.15, 0.2) is 0 Å². The van der Waals surface area contributed by atoms with E-state index in [-0.39, 0.29) is 17.4 Å². The van der Waals surface area contributed by atoms with Crippen LogP contribution in [0.5, 0.6) is 0 Å². The molecule has 96 valence electrons. The summed E-state index contributed by atoms with van der Waals surface area (Å²) in [5, 5.41) is 0. The lowest BCUT2D eigenvalue weighted by Crippen LogP contribution is -2.32. The molecule has 1 aromatic carbocycles. The van der Waals surface area contributed by atoms with Gasteiger partial charge in [-0.25, -0.2) is 4.39 Å². The quantitative estimate of drug-likeness (QED) is 0.787. The van der Waals surface area contributed by atoms with Crippen molar-refractivity contribution in [3.05, 3.63) is 34.1 Å². The molecule has 0 bridgehead atoms. The Hall–Kier alpha value is -1.23. The van der Waals surface area contributed by atoms with E-state index >= 15 is 0 Å². The van der Waals surface area contributed by atoms with Gasteiger partial charge in [-0.2, -0.15) is 0 Å². The zero-order valence-corrected chi connectivity index (χ0v) is 11.5. The highest BCUT2D eigenvalue weighted by Crippen LogP contribution is 2.25. The summed E-state index contributed by atoms with van der Waals surface area (Å²) in [5.74, 6) is -0.876.